The highest BCUT2D eigenvalue weighted by atomic mass is 16.8. The standard InChI is InChI=1S/C24H39NO17/c1-7-14(29)17(32)21(22(35)38-7)42-24-19(34)18(33)20(12(40-24)6-37-10(4)28)41-23-13(25-8(2)26)16(31)15(30)11(39-23)5-36-9(3)27/h7,11-24,29-35H,5-6H2,1-4H3,(H,25,26)/t7-,11+,12+,13-,14-,15+,16+,17+,18+,19+,20+,21+,22-,23-,24+/m0/s1. The summed E-state index contributed by atoms with van der Waals surface area (Å²) in [6.07, 6.45) is -22.6. The minimum atomic E-state index is -1.95. The molecule has 0 aromatic heterocycles. The van der Waals surface area contributed by atoms with Crippen LogP contribution in [0.1, 0.15) is 27.7 Å². The molecule has 0 unspecified atom stereocenters. The zero-order chi connectivity index (χ0) is 31.5. The Hall–Kier alpha value is -2.07. The molecule has 242 valence electrons. The van der Waals surface area contributed by atoms with E-state index in [1.807, 2.05) is 0 Å². The lowest BCUT2D eigenvalue weighted by atomic mass is 9.95. The summed E-state index contributed by atoms with van der Waals surface area (Å²) in [5.41, 5.74) is 0. The second-order valence-electron chi connectivity index (χ2n) is 10.3. The maximum atomic E-state index is 11.8. The summed E-state index contributed by atoms with van der Waals surface area (Å²) in [5.74, 6) is -2.13. The van der Waals surface area contributed by atoms with Gasteiger partial charge in [0, 0.05) is 20.8 Å². The van der Waals surface area contributed by atoms with Crippen LogP contribution < -0.4 is 5.32 Å². The summed E-state index contributed by atoms with van der Waals surface area (Å²) >= 11 is 0. The predicted octanol–water partition coefficient (Wildman–Crippen LogP) is -5.26. The topological polar surface area (TPSA) is 269 Å². The first-order valence-corrected chi connectivity index (χ1v) is 13.2. The summed E-state index contributed by atoms with van der Waals surface area (Å²) in [6.45, 7) is 3.60. The molecule has 0 saturated carbocycles. The van der Waals surface area contributed by atoms with Gasteiger partial charge in [0.15, 0.2) is 18.9 Å². The molecule has 3 fully saturated rings. The maximum Gasteiger partial charge on any atom is 0.302 e. The molecule has 3 aliphatic heterocycles. The van der Waals surface area contributed by atoms with E-state index in [0.29, 0.717) is 0 Å². The first kappa shape index (κ1) is 34.4. The molecule has 0 radical (unpaired) electrons. The number of nitrogens with one attached hydrogen (secondary N) is 1. The molecular formula is C24H39NO17. The summed E-state index contributed by atoms with van der Waals surface area (Å²) in [5, 5.41) is 76.2. The molecule has 3 saturated heterocycles. The molecule has 18 nitrogen and oxygen atoms in total. The van der Waals surface area contributed by atoms with Crippen LogP contribution in [0.25, 0.3) is 0 Å². The van der Waals surface area contributed by atoms with E-state index < -0.39 is 123 Å². The van der Waals surface area contributed by atoms with E-state index in [1.165, 1.54) is 6.92 Å². The van der Waals surface area contributed by atoms with Gasteiger partial charge in [-0.05, 0) is 6.92 Å². The summed E-state index contributed by atoms with van der Waals surface area (Å²) < 4.78 is 37.7. The van der Waals surface area contributed by atoms with Crippen molar-refractivity contribution in [3.63, 3.8) is 0 Å². The number of aliphatic hydroxyl groups is 7. The van der Waals surface area contributed by atoms with Gasteiger partial charge in [0.25, 0.3) is 0 Å². The third-order valence-corrected chi connectivity index (χ3v) is 7.00. The second kappa shape index (κ2) is 14.6. The van der Waals surface area contributed by atoms with Gasteiger partial charge in [0.05, 0.1) is 6.10 Å². The van der Waals surface area contributed by atoms with Gasteiger partial charge in [0.1, 0.15) is 80.3 Å². The van der Waals surface area contributed by atoms with Crippen molar-refractivity contribution in [1.82, 2.24) is 5.32 Å². The number of ether oxygens (including phenoxy) is 7. The van der Waals surface area contributed by atoms with Gasteiger partial charge in [-0.25, -0.2) is 0 Å². The van der Waals surface area contributed by atoms with Crippen molar-refractivity contribution >= 4 is 17.8 Å². The van der Waals surface area contributed by atoms with Crippen LogP contribution in [0.2, 0.25) is 0 Å². The Balaban J connectivity index is 1.85. The molecule has 3 rings (SSSR count). The van der Waals surface area contributed by atoms with Crippen LogP contribution in [-0.4, -0.2) is 159 Å². The lowest BCUT2D eigenvalue weighted by Gasteiger charge is -2.48. The van der Waals surface area contributed by atoms with Gasteiger partial charge in [-0.15, -0.1) is 0 Å². The quantitative estimate of drug-likeness (QED) is 0.113. The SMILES string of the molecule is CC(=O)N[C@@H]1[C@H](O[C@H]2[C@H](O)[C@@H](O)[C@@H](O[C@@H]3[C@H](O)[C@@H](O)[C@H](C)O[C@@H]3O)O[C@@H]2COC(C)=O)O[C@H](COC(C)=O)[C@@H](O)[C@@H]1O. The maximum absolute atomic E-state index is 11.8. The van der Waals surface area contributed by atoms with Crippen LogP contribution in [0, 0.1) is 0 Å². The fourth-order valence-electron chi connectivity index (χ4n) is 4.77. The summed E-state index contributed by atoms with van der Waals surface area (Å²) in [6, 6.07) is -1.44. The van der Waals surface area contributed by atoms with Crippen LogP contribution >= 0.6 is 0 Å². The third-order valence-electron chi connectivity index (χ3n) is 7.00. The number of esters is 2. The first-order chi connectivity index (χ1) is 19.6. The number of hydrogen-bond donors (Lipinski definition) is 8. The van der Waals surface area contributed by atoms with E-state index >= 15 is 0 Å². The molecule has 18 heteroatoms. The number of carbonyl (C=O) groups is 3. The van der Waals surface area contributed by atoms with Gasteiger partial charge >= 0.3 is 11.9 Å². The van der Waals surface area contributed by atoms with Gasteiger partial charge in [-0.1, -0.05) is 0 Å². The van der Waals surface area contributed by atoms with Crippen molar-refractivity contribution in [2.24, 2.45) is 0 Å². The Morgan fingerprint density at radius 2 is 1.17 bits per heavy atom. The number of aliphatic hydroxyl groups excluding tert-OH is 7. The van der Waals surface area contributed by atoms with E-state index in [1.54, 1.807) is 0 Å². The van der Waals surface area contributed by atoms with Gasteiger partial charge in [-0.2, -0.15) is 0 Å². The molecule has 3 aliphatic rings. The highest BCUT2D eigenvalue weighted by Crippen LogP contribution is 2.32. The average Bonchev–Trinajstić information content (AvgIpc) is 2.91. The summed E-state index contributed by atoms with van der Waals surface area (Å²) in [7, 11) is 0. The molecule has 1 amide bonds. The largest absolute Gasteiger partial charge is 0.463 e. The fourth-order valence-corrected chi connectivity index (χ4v) is 4.77. The molecule has 0 bridgehead atoms. The highest BCUT2D eigenvalue weighted by molar-refractivity contribution is 5.73. The second-order valence-corrected chi connectivity index (χ2v) is 10.3. The van der Waals surface area contributed by atoms with Gasteiger partial charge < -0.3 is 74.2 Å². The lowest BCUT2D eigenvalue weighted by molar-refractivity contribution is -0.375. The zero-order valence-corrected chi connectivity index (χ0v) is 23.3. The minimum Gasteiger partial charge on any atom is -0.463 e. The predicted molar refractivity (Wildman–Crippen MR) is 131 cm³/mol. The molecule has 42 heavy (non-hydrogen) atoms. The van der Waals surface area contributed by atoms with E-state index in [9.17, 15) is 50.1 Å². The van der Waals surface area contributed by atoms with Crippen molar-refractivity contribution in [1.29, 1.82) is 0 Å². The van der Waals surface area contributed by atoms with E-state index in [4.69, 9.17) is 33.2 Å². The van der Waals surface area contributed by atoms with Crippen molar-refractivity contribution in [3.8, 4) is 0 Å². The average molecular weight is 614 g/mol. The van der Waals surface area contributed by atoms with Gasteiger partial charge in [-0.3, -0.25) is 14.4 Å². The molecular weight excluding hydrogens is 574 g/mol. The van der Waals surface area contributed by atoms with E-state index in [2.05, 4.69) is 5.32 Å². The molecule has 0 aliphatic carbocycles. The third kappa shape index (κ3) is 8.10. The molecule has 8 N–H and O–H groups in total. The van der Waals surface area contributed by atoms with E-state index in [0.717, 1.165) is 20.8 Å². The Bertz CT molecular complexity index is 937. The fraction of sp³-hybridized carbons (Fsp3) is 0.875. The van der Waals surface area contributed by atoms with Crippen LogP contribution in [0.3, 0.4) is 0 Å². The van der Waals surface area contributed by atoms with Crippen molar-refractivity contribution < 1.29 is 83.3 Å². The smallest absolute Gasteiger partial charge is 0.302 e. The molecule has 0 spiro atoms. The van der Waals surface area contributed by atoms with Crippen molar-refractivity contribution in [2.45, 2.75) is 120 Å². The Labute approximate surface area is 240 Å². The Morgan fingerprint density at radius 1 is 0.643 bits per heavy atom. The van der Waals surface area contributed by atoms with Gasteiger partial charge in [0.2, 0.25) is 5.91 Å². The van der Waals surface area contributed by atoms with Crippen molar-refractivity contribution in [2.75, 3.05) is 13.2 Å². The number of rotatable bonds is 9. The zero-order valence-electron chi connectivity index (χ0n) is 23.3. The van der Waals surface area contributed by atoms with Crippen LogP contribution in [0.15, 0.2) is 0 Å². The minimum absolute atomic E-state index is 0.516. The molecule has 15 atom stereocenters. The van der Waals surface area contributed by atoms with Crippen LogP contribution in [0.4, 0.5) is 0 Å². The van der Waals surface area contributed by atoms with Crippen molar-refractivity contribution in [3.05, 3.63) is 0 Å². The molecule has 0 aromatic rings. The molecule has 0 aromatic carbocycles. The number of hydrogen-bond acceptors (Lipinski definition) is 17. The van der Waals surface area contributed by atoms with Crippen LogP contribution in [0.5, 0.6) is 0 Å². The monoisotopic (exact) mass is 613 g/mol. The highest BCUT2D eigenvalue weighted by Gasteiger charge is 2.53. The summed E-state index contributed by atoms with van der Waals surface area (Å²) in [4.78, 5) is 34.7. The number of carbonyl (C=O) groups excluding carboxylic acids is 3. The normalized spacial score (nSPS) is 44.2. The number of amides is 1. The first-order valence-electron chi connectivity index (χ1n) is 13.2. The Morgan fingerprint density at radius 3 is 1.74 bits per heavy atom. The van der Waals surface area contributed by atoms with Crippen LogP contribution in [-0.2, 0) is 47.5 Å². The Kier molecular flexibility index (Phi) is 12.0. The molecule has 3 heterocycles. The van der Waals surface area contributed by atoms with E-state index in [-0.39, 0.29) is 0 Å². The lowest BCUT2D eigenvalue weighted by Crippen LogP contribution is -2.68.